The van der Waals surface area contributed by atoms with E-state index in [1.807, 2.05) is 43.3 Å². The van der Waals surface area contributed by atoms with E-state index in [2.05, 4.69) is 0 Å². The molecule has 19 heavy (non-hydrogen) atoms. The molecule has 0 spiro atoms. The van der Waals surface area contributed by atoms with Crippen molar-refractivity contribution in [3.05, 3.63) is 65.7 Å². The van der Waals surface area contributed by atoms with E-state index in [1.165, 1.54) is 0 Å². The van der Waals surface area contributed by atoms with Gasteiger partial charge in [-0.3, -0.25) is 0 Å². The first-order chi connectivity index (χ1) is 9.16. The van der Waals surface area contributed by atoms with Crippen LogP contribution in [0.2, 0.25) is 0 Å². The summed E-state index contributed by atoms with van der Waals surface area (Å²) in [6, 6.07) is 16.9. The molecule has 0 bridgehead atoms. The molecule has 0 aliphatic rings. The minimum absolute atomic E-state index is 0.148. The third kappa shape index (κ3) is 3.81. The summed E-state index contributed by atoms with van der Waals surface area (Å²) in [5.41, 5.74) is 7.98. The van der Waals surface area contributed by atoms with Gasteiger partial charge in [0.1, 0.15) is 5.75 Å². The number of nitrogens with two attached hydrogens (primary N) is 1. The second kappa shape index (κ2) is 6.36. The smallest absolute Gasteiger partial charge is 0.115 e. The SMILES string of the molecule is C[C@H](N)[C@H](OCc1ccccc1)c1cccc(O)c1. The Balaban J connectivity index is 2.09. The fourth-order valence-electron chi connectivity index (χ4n) is 2.01. The first kappa shape index (κ1) is 13.6. The van der Waals surface area contributed by atoms with Gasteiger partial charge in [-0.25, -0.2) is 0 Å². The predicted molar refractivity (Wildman–Crippen MR) is 75.7 cm³/mol. The molecular weight excluding hydrogens is 238 g/mol. The Morgan fingerprint density at radius 3 is 2.47 bits per heavy atom. The molecule has 2 aromatic rings. The lowest BCUT2D eigenvalue weighted by Crippen LogP contribution is -2.26. The molecule has 0 unspecified atom stereocenters. The summed E-state index contributed by atoms with van der Waals surface area (Å²) in [6.45, 7) is 2.41. The Labute approximate surface area is 113 Å². The summed E-state index contributed by atoms with van der Waals surface area (Å²) >= 11 is 0. The molecule has 3 nitrogen and oxygen atoms in total. The van der Waals surface area contributed by atoms with Gasteiger partial charge in [-0.2, -0.15) is 0 Å². The maximum atomic E-state index is 9.53. The van der Waals surface area contributed by atoms with E-state index in [4.69, 9.17) is 10.5 Å². The molecule has 0 aliphatic carbocycles. The first-order valence-electron chi connectivity index (χ1n) is 6.37. The first-order valence-corrected chi connectivity index (χ1v) is 6.37. The van der Waals surface area contributed by atoms with Gasteiger partial charge in [0.05, 0.1) is 12.7 Å². The van der Waals surface area contributed by atoms with Crippen LogP contribution in [0.25, 0.3) is 0 Å². The van der Waals surface area contributed by atoms with Gasteiger partial charge in [-0.05, 0) is 30.2 Å². The van der Waals surface area contributed by atoms with Crippen LogP contribution in [0.3, 0.4) is 0 Å². The highest BCUT2D eigenvalue weighted by atomic mass is 16.5. The molecule has 2 atom stereocenters. The van der Waals surface area contributed by atoms with E-state index >= 15 is 0 Å². The van der Waals surface area contributed by atoms with E-state index in [0.717, 1.165) is 11.1 Å². The van der Waals surface area contributed by atoms with Gasteiger partial charge < -0.3 is 15.6 Å². The Morgan fingerprint density at radius 2 is 1.84 bits per heavy atom. The Kier molecular flexibility index (Phi) is 4.55. The maximum Gasteiger partial charge on any atom is 0.115 e. The fourth-order valence-corrected chi connectivity index (χ4v) is 2.01. The minimum Gasteiger partial charge on any atom is -0.508 e. The topological polar surface area (TPSA) is 55.5 Å². The lowest BCUT2D eigenvalue weighted by molar-refractivity contribution is 0.0258. The number of aromatic hydroxyl groups is 1. The Bertz CT molecular complexity index is 511. The Hall–Kier alpha value is -1.84. The monoisotopic (exact) mass is 257 g/mol. The number of hydrogen-bond acceptors (Lipinski definition) is 3. The molecular formula is C16H19NO2. The van der Waals surface area contributed by atoms with Crippen molar-refractivity contribution < 1.29 is 9.84 Å². The van der Waals surface area contributed by atoms with E-state index in [1.54, 1.807) is 18.2 Å². The van der Waals surface area contributed by atoms with Crippen molar-refractivity contribution in [1.29, 1.82) is 0 Å². The highest BCUT2D eigenvalue weighted by Crippen LogP contribution is 2.24. The number of phenols is 1. The van der Waals surface area contributed by atoms with Crippen LogP contribution in [0, 0.1) is 0 Å². The summed E-state index contributed by atoms with van der Waals surface area (Å²) in [6.07, 6.45) is -0.229. The predicted octanol–water partition coefficient (Wildman–Crippen LogP) is 3.00. The zero-order valence-corrected chi connectivity index (χ0v) is 11.0. The number of phenolic OH excluding ortho intramolecular Hbond substituents is 1. The lowest BCUT2D eigenvalue weighted by atomic mass is 10.0. The average molecular weight is 257 g/mol. The summed E-state index contributed by atoms with van der Waals surface area (Å²) in [5, 5.41) is 9.53. The number of hydrogen-bond donors (Lipinski definition) is 2. The Morgan fingerprint density at radius 1 is 1.11 bits per heavy atom. The van der Waals surface area contributed by atoms with Gasteiger partial charge in [-0.15, -0.1) is 0 Å². The van der Waals surface area contributed by atoms with Crippen LogP contribution in [0.5, 0.6) is 5.75 Å². The third-order valence-electron chi connectivity index (χ3n) is 2.95. The van der Waals surface area contributed by atoms with Crippen molar-refractivity contribution in [3.8, 4) is 5.75 Å². The van der Waals surface area contributed by atoms with Crippen molar-refractivity contribution >= 4 is 0 Å². The van der Waals surface area contributed by atoms with Gasteiger partial charge in [0, 0.05) is 6.04 Å². The van der Waals surface area contributed by atoms with Crippen LogP contribution in [0.15, 0.2) is 54.6 Å². The van der Waals surface area contributed by atoms with Crippen LogP contribution in [0.1, 0.15) is 24.2 Å². The second-order valence-corrected chi connectivity index (χ2v) is 4.67. The van der Waals surface area contributed by atoms with E-state index in [9.17, 15) is 5.11 Å². The van der Waals surface area contributed by atoms with Crippen LogP contribution >= 0.6 is 0 Å². The number of rotatable bonds is 5. The highest BCUT2D eigenvalue weighted by molar-refractivity contribution is 5.29. The molecule has 0 saturated carbocycles. The van der Waals surface area contributed by atoms with Gasteiger partial charge >= 0.3 is 0 Å². The zero-order chi connectivity index (χ0) is 13.7. The molecule has 0 aromatic heterocycles. The standard InChI is InChI=1S/C16H19NO2/c1-12(17)16(14-8-5-9-15(18)10-14)19-11-13-6-3-2-4-7-13/h2-10,12,16,18H,11,17H2,1H3/t12-,16-/m0/s1. The van der Waals surface area contributed by atoms with Crippen molar-refractivity contribution in [3.63, 3.8) is 0 Å². The molecule has 0 fully saturated rings. The van der Waals surface area contributed by atoms with Gasteiger partial charge in [-0.1, -0.05) is 42.5 Å². The average Bonchev–Trinajstić information content (AvgIpc) is 2.40. The van der Waals surface area contributed by atoms with Crippen molar-refractivity contribution in [1.82, 2.24) is 0 Å². The molecule has 0 amide bonds. The summed E-state index contributed by atoms with van der Waals surface area (Å²) in [5.74, 6) is 0.228. The molecule has 2 rings (SSSR count). The fraction of sp³-hybridized carbons (Fsp3) is 0.250. The molecule has 3 heteroatoms. The molecule has 0 heterocycles. The van der Waals surface area contributed by atoms with Crippen LogP contribution in [-0.2, 0) is 11.3 Å². The van der Waals surface area contributed by atoms with Crippen LogP contribution in [0.4, 0.5) is 0 Å². The minimum atomic E-state index is -0.229. The number of ether oxygens (including phenoxy) is 1. The van der Waals surface area contributed by atoms with Crippen LogP contribution in [-0.4, -0.2) is 11.1 Å². The van der Waals surface area contributed by atoms with Crippen molar-refractivity contribution in [2.45, 2.75) is 25.7 Å². The van der Waals surface area contributed by atoms with Gasteiger partial charge in [0.15, 0.2) is 0 Å². The lowest BCUT2D eigenvalue weighted by Gasteiger charge is -2.22. The van der Waals surface area contributed by atoms with Crippen molar-refractivity contribution in [2.24, 2.45) is 5.73 Å². The van der Waals surface area contributed by atoms with Crippen molar-refractivity contribution in [2.75, 3.05) is 0 Å². The largest absolute Gasteiger partial charge is 0.508 e. The molecule has 3 N–H and O–H groups in total. The highest BCUT2D eigenvalue weighted by Gasteiger charge is 2.17. The summed E-state index contributed by atoms with van der Waals surface area (Å²) in [7, 11) is 0. The third-order valence-corrected chi connectivity index (χ3v) is 2.95. The van der Waals surface area contributed by atoms with E-state index in [-0.39, 0.29) is 17.9 Å². The molecule has 2 aromatic carbocycles. The summed E-state index contributed by atoms with van der Waals surface area (Å²) < 4.78 is 5.89. The van der Waals surface area contributed by atoms with Gasteiger partial charge in [0.2, 0.25) is 0 Å². The zero-order valence-electron chi connectivity index (χ0n) is 11.0. The molecule has 0 radical (unpaired) electrons. The van der Waals surface area contributed by atoms with E-state index < -0.39 is 0 Å². The maximum absolute atomic E-state index is 9.53. The van der Waals surface area contributed by atoms with E-state index in [0.29, 0.717) is 6.61 Å². The normalized spacial score (nSPS) is 14.0. The molecule has 0 saturated heterocycles. The molecule has 100 valence electrons. The quantitative estimate of drug-likeness (QED) is 0.865. The second-order valence-electron chi connectivity index (χ2n) is 4.67. The molecule has 0 aliphatic heterocycles. The van der Waals surface area contributed by atoms with Gasteiger partial charge in [0.25, 0.3) is 0 Å². The van der Waals surface area contributed by atoms with Crippen LogP contribution < -0.4 is 5.73 Å². The number of benzene rings is 2. The summed E-state index contributed by atoms with van der Waals surface area (Å²) in [4.78, 5) is 0.